The highest BCUT2D eigenvalue weighted by atomic mass is 32.1. The Labute approximate surface area is 49.9 Å². The monoisotopic (exact) mass is 115 g/mol. The molecule has 2 heteroatoms. The quantitative estimate of drug-likeness (QED) is 0.303. The van der Waals surface area contributed by atoms with Gasteiger partial charge in [-0.05, 0) is 0 Å². The lowest BCUT2D eigenvalue weighted by atomic mass is 10.6. The van der Waals surface area contributed by atoms with E-state index in [1.54, 1.807) is 0 Å². The van der Waals surface area contributed by atoms with Gasteiger partial charge in [0.15, 0.2) is 0 Å². The Bertz CT molecular complexity index is 65.0. The van der Waals surface area contributed by atoms with Gasteiger partial charge in [0.05, 0.1) is 6.54 Å². The summed E-state index contributed by atoms with van der Waals surface area (Å²) in [4.78, 5) is 0. The minimum absolute atomic E-state index is 0.653. The molecule has 0 aliphatic heterocycles. The van der Waals surface area contributed by atoms with Crippen molar-refractivity contribution >= 4 is 12.6 Å². The molecule has 0 amide bonds. The summed E-state index contributed by atoms with van der Waals surface area (Å²) in [6, 6.07) is 0. The Hall–Kier alpha value is -0.130. The molecule has 40 valence electrons. The van der Waals surface area contributed by atoms with Crippen LogP contribution in [0, 0.1) is 12.3 Å². The number of hydrogen-bond donors (Lipinski definition) is 2. The number of hydrogen-bond acceptors (Lipinski definition) is 2. The maximum Gasteiger partial charge on any atom is 0.0574 e. The molecule has 0 heterocycles. The molecule has 7 heavy (non-hydrogen) atoms. The van der Waals surface area contributed by atoms with Gasteiger partial charge in [0.2, 0.25) is 0 Å². The van der Waals surface area contributed by atoms with Crippen LogP contribution in [0.5, 0.6) is 0 Å². The summed E-state index contributed by atoms with van der Waals surface area (Å²) >= 11 is 3.96. The molecule has 0 aliphatic rings. The zero-order valence-electron chi connectivity index (χ0n) is 4.15. The standard InChI is InChI=1S/C5H9NS/c1-2-3-6-4-5-7/h1,6-7H,3-5H2. The van der Waals surface area contributed by atoms with Crippen molar-refractivity contribution in [3.05, 3.63) is 0 Å². The summed E-state index contributed by atoms with van der Waals surface area (Å²) < 4.78 is 0. The summed E-state index contributed by atoms with van der Waals surface area (Å²) in [5.74, 6) is 3.31. The van der Waals surface area contributed by atoms with Crippen molar-refractivity contribution in [3.63, 3.8) is 0 Å². The van der Waals surface area contributed by atoms with Crippen LogP contribution in [-0.4, -0.2) is 18.8 Å². The fourth-order valence-electron chi connectivity index (χ4n) is 0.240. The average Bonchev–Trinajstić information content (AvgIpc) is 1.69. The second-order valence-electron chi connectivity index (χ2n) is 1.10. The van der Waals surface area contributed by atoms with Gasteiger partial charge in [0.1, 0.15) is 0 Å². The molecule has 0 aromatic rings. The Balaban J connectivity index is 2.60. The van der Waals surface area contributed by atoms with Gasteiger partial charge in [0, 0.05) is 12.3 Å². The number of rotatable bonds is 3. The Morgan fingerprint density at radius 2 is 2.43 bits per heavy atom. The minimum Gasteiger partial charge on any atom is -0.305 e. The molecule has 0 unspecified atom stereocenters. The fraction of sp³-hybridized carbons (Fsp3) is 0.600. The zero-order chi connectivity index (χ0) is 5.54. The van der Waals surface area contributed by atoms with Gasteiger partial charge in [-0.1, -0.05) is 5.92 Å². The molecule has 0 rings (SSSR count). The van der Waals surface area contributed by atoms with E-state index in [4.69, 9.17) is 6.42 Å². The predicted octanol–water partition coefficient (Wildman–Crippen LogP) is 0.139. The van der Waals surface area contributed by atoms with E-state index < -0.39 is 0 Å². The lowest BCUT2D eigenvalue weighted by Gasteiger charge is -1.91. The highest BCUT2D eigenvalue weighted by Gasteiger charge is 1.74. The second kappa shape index (κ2) is 5.87. The van der Waals surface area contributed by atoms with Gasteiger partial charge in [-0.2, -0.15) is 12.6 Å². The third kappa shape index (κ3) is 5.87. The first-order valence-electron chi connectivity index (χ1n) is 2.17. The maximum absolute atomic E-state index is 4.93. The van der Waals surface area contributed by atoms with Crippen molar-refractivity contribution in [2.24, 2.45) is 0 Å². The highest BCUT2D eigenvalue weighted by molar-refractivity contribution is 7.80. The molecule has 0 atom stereocenters. The Morgan fingerprint density at radius 3 is 2.86 bits per heavy atom. The van der Waals surface area contributed by atoms with Crippen LogP contribution in [-0.2, 0) is 0 Å². The summed E-state index contributed by atoms with van der Waals surface area (Å²) in [5, 5.41) is 2.97. The molecule has 0 saturated carbocycles. The van der Waals surface area contributed by atoms with Gasteiger partial charge in [-0.3, -0.25) is 0 Å². The van der Waals surface area contributed by atoms with E-state index in [0.29, 0.717) is 6.54 Å². The molecule has 1 N–H and O–H groups in total. The van der Waals surface area contributed by atoms with E-state index in [0.717, 1.165) is 12.3 Å². The van der Waals surface area contributed by atoms with Crippen molar-refractivity contribution in [1.82, 2.24) is 5.32 Å². The number of nitrogens with one attached hydrogen (secondary N) is 1. The molecule has 0 aliphatic carbocycles. The van der Waals surface area contributed by atoms with Gasteiger partial charge in [0.25, 0.3) is 0 Å². The molecule has 0 saturated heterocycles. The minimum atomic E-state index is 0.653. The smallest absolute Gasteiger partial charge is 0.0574 e. The van der Waals surface area contributed by atoms with Crippen LogP contribution in [0.25, 0.3) is 0 Å². The van der Waals surface area contributed by atoms with Crippen molar-refractivity contribution in [2.45, 2.75) is 0 Å². The normalized spacial score (nSPS) is 8.00. The zero-order valence-corrected chi connectivity index (χ0v) is 5.04. The Kier molecular flexibility index (Phi) is 5.76. The van der Waals surface area contributed by atoms with Crippen LogP contribution in [0.15, 0.2) is 0 Å². The summed E-state index contributed by atoms with van der Waals surface area (Å²) in [5.41, 5.74) is 0. The molecule has 0 fully saturated rings. The molecular weight excluding hydrogens is 106 g/mol. The summed E-state index contributed by atoms with van der Waals surface area (Å²) in [6.45, 7) is 1.55. The number of terminal acetylenes is 1. The molecule has 0 aromatic carbocycles. The average molecular weight is 115 g/mol. The number of thiol groups is 1. The third-order valence-electron chi connectivity index (χ3n) is 0.516. The van der Waals surface area contributed by atoms with Crippen molar-refractivity contribution in [2.75, 3.05) is 18.8 Å². The molecule has 0 spiro atoms. The van der Waals surface area contributed by atoms with Gasteiger partial charge in [-0.25, -0.2) is 0 Å². The van der Waals surface area contributed by atoms with Crippen LogP contribution in [0.2, 0.25) is 0 Å². The van der Waals surface area contributed by atoms with E-state index in [1.165, 1.54) is 0 Å². The highest BCUT2D eigenvalue weighted by Crippen LogP contribution is 1.65. The third-order valence-corrected chi connectivity index (χ3v) is 0.739. The van der Waals surface area contributed by atoms with Crippen LogP contribution >= 0.6 is 12.6 Å². The van der Waals surface area contributed by atoms with Gasteiger partial charge >= 0.3 is 0 Å². The summed E-state index contributed by atoms with van der Waals surface area (Å²) in [7, 11) is 0. The van der Waals surface area contributed by atoms with E-state index in [1.807, 2.05) is 0 Å². The first-order chi connectivity index (χ1) is 3.41. The molecule has 0 aromatic heterocycles. The first-order valence-corrected chi connectivity index (χ1v) is 2.80. The lowest BCUT2D eigenvalue weighted by Crippen LogP contribution is -2.15. The van der Waals surface area contributed by atoms with Crippen molar-refractivity contribution in [3.8, 4) is 12.3 Å². The lowest BCUT2D eigenvalue weighted by molar-refractivity contribution is 0.820. The first kappa shape index (κ1) is 6.87. The summed E-state index contributed by atoms with van der Waals surface area (Å²) in [6.07, 6.45) is 4.93. The van der Waals surface area contributed by atoms with E-state index in [2.05, 4.69) is 23.9 Å². The van der Waals surface area contributed by atoms with Gasteiger partial charge < -0.3 is 5.32 Å². The molecular formula is C5H9NS. The van der Waals surface area contributed by atoms with Crippen LogP contribution in [0.4, 0.5) is 0 Å². The molecule has 1 nitrogen and oxygen atoms in total. The SMILES string of the molecule is C#CCNCCS. The predicted molar refractivity (Wildman–Crippen MR) is 35.6 cm³/mol. The second-order valence-corrected chi connectivity index (χ2v) is 1.55. The van der Waals surface area contributed by atoms with Crippen LogP contribution in [0.1, 0.15) is 0 Å². The van der Waals surface area contributed by atoms with Crippen molar-refractivity contribution in [1.29, 1.82) is 0 Å². The van der Waals surface area contributed by atoms with Crippen LogP contribution in [0.3, 0.4) is 0 Å². The van der Waals surface area contributed by atoms with Crippen LogP contribution < -0.4 is 5.32 Å². The molecule has 0 bridgehead atoms. The Morgan fingerprint density at radius 1 is 1.71 bits per heavy atom. The van der Waals surface area contributed by atoms with E-state index >= 15 is 0 Å². The largest absolute Gasteiger partial charge is 0.305 e. The van der Waals surface area contributed by atoms with E-state index in [-0.39, 0.29) is 0 Å². The topological polar surface area (TPSA) is 12.0 Å². The van der Waals surface area contributed by atoms with Gasteiger partial charge in [-0.15, -0.1) is 6.42 Å². The van der Waals surface area contributed by atoms with Crippen molar-refractivity contribution < 1.29 is 0 Å². The maximum atomic E-state index is 4.93. The fourth-order valence-corrected chi connectivity index (χ4v) is 0.398. The molecule has 0 radical (unpaired) electrons. The van der Waals surface area contributed by atoms with E-state index in [9.17, 15) is 0 Å².